The van der Waals surface area contributed by atoms with Gasteiger partial charge in [-0.15, -0.1) is 0 Å². The maximum absolute atomic E-state index is 11.9. The van der Waals surface area contributed by atoms with Crippen LogP contribution in [0.25, 0.3) is 4.85 Å². The average Bonchev–Trinajstić information content (AvgIpc) is 2.75. The summed E-state index contributed by atoms with van der Waals surface area (Å²) in [6, 6.07) is 10.4. The van der Waals surface area contributed by atoms with Gasteiger partial charge < -0.3 is 4.74 Å². The van der Waals surface area contributed by atoms with E-state index in [0.29, 0.717) is 6.61 Å². The summed E-state index contributed by atoms with van der Waals surface area (Å²) < 4.78 is 4.99. The minimum absolute atomic E-state index is 0.198. The number of likely N-dealkylation sites (tertiary alicyclic amines) is 1. The quantitative estimate of drug-likeness (QED) is 0.485. The number of nitrogens with zero attached hydrogens (tertiary/aromatic N) is 2. The van der Waals surface area contributed by atoms with Crippen molar-refractivity contribution in [2.24, 2.45) is 0 Å². The number of ether oxygens (including phenoxy) is 1. The van der Waals surface area contributed by atoms with Gasteiger partial charge in [-0.1, -0.05) is 35.9 Å². The zero-order valence-corrected chi connectivity index (χ0v) is 13.0. The second-order valence-corrected chi connectivity index (χ2v) is 5.40. The fourth-order valence-corrected chi connectivity index (χ4v) is 2.75. The fraction of sp³-hybridized carbons (Fsp3) is 0.444. The number of carbonyl (C=O) groups is 1. The van der Waals surface area contributed by atoms with E-state index in [1.807, 2.05) is 6.07 Å². The van der Waals surface area contributed by atoms with Gasteiger partial charge in [0.05, 0.1) is 13.2 Å². The van der Waals surface area contributed by atoms with Gasteiger partial charge in [-0.3, -0.25) is 9.69 Å². The molecule has 0 spiro atoms. The van der Waals surface area contributed by atoms with E-state index in [9.17, 15) is 4.79 Å². The number of hydrogen-bond acceptors (Lipinski definition) is 3. The third kappa shape index (κ3) is 4.44. The molecular weight excluding hydrogens is 276 g/mol. The lowest BCUT2D eigenvalue weighted by atomic mass is 10.1. The molecule has 0 bridgehead atoms. The summed E-state index contributed by atoms with van der Waals surface area (Å²) in [5, 5.41) is 0. The Hall–Kier alpha value is -2.12. The van der Waals surface area contributed by atoms with Gasteiger partial charge in [-0.25, -0.2) is 4.85 Å². The minimum Gasteiger partial charge on any atom is -0.471 e. The predicted octanol–water partition coefficient (Wildman–Crippen LogP) is 3.41. The number of carbonyl (C=O) groups excluding carboxylic acids is 1. The van der Waals surface area contributed by atoms with Crippen molar-refractivity contribution in [2.45, 2.75) is 32.7 Å². The van der Waals surface area contributed by atoms with Crippen LogP contribution < -0.4 is 0 Å². The van der Waals surface area contributed by atoms with Crippen LogP contribution in [-0.4, -0.2) is 30.6 Å². The Morgan fingerprint density at radius 1 is 1.27 bits per heavy atom. The smallest absolute Gasteiger partial charge is 0.336 e. The van der Waals surface area contributed by atoms with E-state index in [-0.39, 0.29) is 5.70 Å². The first-order valence-corrected chi connectivity index (χ1v) is 7.77. The molecule has 0 saturated carbocycles. The van der Waals surface area contributed by atoms with Crippen LogP contribution in [-0.2, 0) is 16.1 Å². The van der Waals surface area contributed by atoms with Gasteiger partial charge in [0.15, 0.2) is 0 Å². The molecule has 0 amide bonds. The number of rotatable bonds is 4. The van der Waals surface area contributed by atoms with Crippen molar-refractivity contribution < 1.29 is 9.53 Å². The molecule has 1 heterocycles. The third-order valence-corrected chi connectivity index (χ3v) is 3.85. The molecule has 0 aromatic heterocycles. The summed E-state index contributed by atoms with van der Waals surface area (Å²) >= 11 is 0. The monoisotopic (exact) mass is 298 g/mol. The lowest BCUT2D eigenvalue weighted by Crippen LogP contribution is -2.24. The van der Waals surface area contributed by atoms with Crippen LogP contribution in [0.3, 0.4) is 0 Å². The lowest BCUT2D eigenvalue weighted by Gasteiger charge is -2.19. The van der Waals surface area contributed by atoms with Crippen molar-refractivity contribution in [1.82, 2.24) is 4.90 Å². The molecule has 2 rings (SSSR count). The molecule has 1 saturated heterocycles. The number of hydrogen-bond donors (Lipinski definition) is 0. The maximum atomic E-state index is 11.9. The topological polar surface area (TPSA) is 33.9 Å². The second kappa shape index (κ2) is 8.35. The summed E-state index contributed by atoms with van der Waals surface area (Å²) in [6.45, 7) is 12.1. The summed E-state index contributed by atoms with van der Waals surface area (Å²) in [4.78, 5) is 17.7. The summed E-state index contributed by atoms with van der Waals surface area (Å²) in [5.41, 5.74) is 2.44. The first-order valence-electron chi connectivity index (χ1n) is 7.77. The van der Waals surface area contributed by atoms with Crippen LogP contribution >= 0.6 is 0 Å². The van der Waals surface area contributed by atoms with Crippen molar-refractivity contribution >= 4 is 5.97 Å². The number of esters is 1. The SMILES string of the molecule is [C-]#[N+]C(C(=O)OCC)=C1CCCN(Cc2ccccc2)CC1. The van der Waals surface area contributed by atoms with Crippen LogP contribution in [0.15, 0.2) is 41.6 Å². The van der Waals surface area contributed by atoms with Crippen LogP contribution in [0.5, 0.6) is 0 Å². The molecule has 0 N–H and O–H groups in total. The molecule has 116 valence electrons. The Bertz CT molecular complexity index is 572. The molecule has 0 atom stereocenters. The molecule has 0 radical (unpaired) electrons. The highest BCUT2D eigenvalue weighted by molar-refractivity contribution is 5.91. The van der Waals surface area contributed by atoms with Crippen molar-refractivity contribution in [1.29, 1.82) is 0 Å². The van der Waals surface area contributed by atoms with Gasteiger partial charge in [0.2, 0.25) is 0 Å². The standard InChI is InChI=1S/C18H22N2O2/c1-3-22-18(21)17(19-2)16-10-7-12-20(13-11-16)14-15-8-5-4-6-9-15/h4-6,8-9H,3,7,10-14H2,1H3. The molecule has 1 fully saturated rings. The molecular formula is C18H22N2O2. The fourth-order valence-electron chi connectivity index (χ4n) is 2.75. The van der Waals surface area contributed by atoms with E-state index >= 15 is 0 Å². The van der Waals surface area contributed by atoms with E-state index in [1.165, 1.54) is 5.56 Å². The van der Waals surface area contributed by atoms with Gasteiger partial charge >= 0.3 is 5.97 Å². The van der Waals surface area contributed by atoms with Crippen LogP contribution in [0.1, 0.15) is 31.7 Å². The van der Waals surface area contributed by atoms with Crippen molar-refractivity contribution in [3.05, 3.63) is 58.6 Å². The normalized spacial score (nSPS) is 18.2. The predicted molar refractivity (Wildman–Crippen MR) is 85.8 cm³/mol. The maximum Gasteiger partial charge on any atom is 0.336 e. The molecule has 1 aliphatic heterocycles. The number of benzene rings is 1. The third-order valence-electron chi connectivity index (χ3n) is 3.85. The first kappa shape index (κ1) is 16.3. The Labute approximate surface area is 132 Å². The van der Waals surface area contributed by atoms with E-state index in [2.05, 4.69) is 34.0 Å². The zero-order valence-electron chi connectivity index (χ0n) is 13.0. The Morgan fingerprint density at radius 3 is 2.73 bits per heavy atom. The van der Waals surface area contributed by atoms with Crippen LogP contribution in [0, 0.1) is 6.57 Å². The van der Waals surface area contributed by atoms with Gasteiger partial charge in [0.25, 0.3) is 5.70 Å². The zero-order chi connectivity index (χ0) is 15.8. The second-order valence-electron chi connectivity index (χ2n) is 5.40. The van der Waals surface area contributed by atoms with Crippen molar-refractivity contribution in [2.75, 3.05) is 19.7 Å². The lowest BCUT2D eigenvalue weighted by molar-refractivity contribution is -0.138. The minimum atomic E-state index is -0.469. The Balaban J connectivity index is 2.02. The van der Waals surface area contributed by atoms with Crippen LogP contribution in [0.2, 0.25) is 0 Å². The van der Waals surface area contributed by atoms with Gasteiger partial charge in [0.1, 0.15) is 0 Å². The van der Waals surface area contributed by atoms with Crippen molar-refractivity contribution in [3.63, 3.8) is 0 Å². The molecule has 0 aliphatic carbocycles. The molecule has 4 nitrogen and oxygen atoms in total. The molecule has 1 aromatic carbocycles. The Kier molecular flexibility index (Phi) is 6.17. The van der Waals surface area contributed by atoms with E-state index in [0.717, 1.165) is 44.5 Å². The Morgan fingerprint density at radius 2 is 2.05 bits per heavy atom. The molecule has 0 unspecified atom stereocenters. The van der Waals surface area contributed by atoms with E-state index in [4.69, 9.17) is 11.3 Å². The molecule has 1 aromatic rings. The first-order chi connectivity index (χ1) is 10.7. The van der Waals surface area contributed by atoms with Gasteiger partial charge in [0, 0.05) is 13.1 Å². The highest BCUT2D eigenvalue weighted by Crippen LogP contribution is 2.23. The molecule has 4 heteroatoms. The molecule has 1 aliphatic rings. The molecule has 22 heavy (non-hydrogen) atoms. The summed E-state index contributed by atoms with van der Waals surface area (Å²) in [7, 11) is 0. The van der Waals surface area contributed by atoms with Crippen molar-refractivity contribution in [3.8, 4) is 0 Å². The summed E-state index contributed by atoms with van der Waals surface area (Å²) in [6.07, 6.45) is 2.55. The summed E-state index contributed by atoms with van der Waals surface area (Å²) in [5.74, 6) is -0.469. The largest absolute Gasteiger partial charge is 0.471 e. The highest BCUT2D eigenvalue weighted by atomic mass is 16.5. The highest BCUT2D eigenvalue weighted by Gasteiger charge is 2.20. The van der Waals surface area contributed by atoms with Gasteiger partial charge in [-0.05, 0) is 38.3 Å². The van der Waals surface area contributed by atoms with Gasteiger partial charge in [-0.2, -0.15) is 0 Å². The average molecular weight is 298 g/mol. The van der Waals surface area contributed by atoms with E-state index in [1.54, 1.807) is 6.92 Å². The van der Waals surface area contributed by atoms with E-state index < -0.39 is 5.97 Å². The van der Waals surface area contributed by atoms with Crippen LogP contribution in [0.4, 0.5) is 0 Å².